The average molecular weight is 363 g/mol. The van der Waals surface area contributed by atoms with E-state index < -0.39 is 0 Å². The highest BCUT2D eigenvalue weighted by Crippen LogP contribution is 2.26. The molecule has 0 bridgehead atoms. The maximum absolute atomic E-state index is 12.5. The molecular formula is C21H21N3O3. The number of phenols is 1. The van der Waals surface area contributed by atoms with Crippen LogP contribution in [0.15, 0.2) is 54.7 Å². The van der Waals surface area contributed by atoms with Crippen molar-refractivity contribution < 1.29 is 14.6 Å². The smallest absolute Gasteiger partial charge is 0.255 e. The third kappa shape index (κ3) is 3.71. The van der Waals surface area contributed by atoms with Crippen LogP contribution >= 0.6 is 0 Å². The lowest BCUT2D eigenvalue weighted by Gasteiger charge is -2.28. The van der Waals surface area contributed by atoms with E-state index in [2.05, 4.69) is 27.3 Å². The first-order valence-electron chi connectivity index (χ1n) is 8.99. The molecule has 0 aliphatic carbocycles. The number of ether oxygens (including phenoxy) is 1. The second kappa shape index (κ2) is 7.63. The minimum atomic E-state index is -0.322. The molecule has 6 heteroatoms. The summed E-state index contributed by atoms with van der Waals surface area (Å²) in [6.07, 6.45) is 1.60. The number of pyridine rings is 1. The van der Waals surface area contributed by atoms with Crippen LogP contribution in [0, 0.1) is 0 Å². The number of anilines is 1. The van der Waals surface area contributed by atoms with Gasteiger partial charge in [-0.25, -0.2) is 0 Å². The Kier molecular flexibility index (Phi) is 4.89. The molecule has 27 heavy (non-hydrogen) atoms. The number of carbonyl (C=O) groups is 1. The Morgan fingerprint density at radius 2 is 1.89 bits per heavy atom. The fourth-order valence-corrected chi connectivity index (χ4v) is 3.24. The van der Waals surface area contributed by atoms with Crippen molar-refractivity contribution in [2.45, 2.75) is 6.54 Å². The Labute approximate surface area is 157 Å². The van der Waals surface area contributed by atoms with Crippen molar-refractivity contribution in [3.63, 3.8) is 0 Å². The third-order valence-electron chi connectivity index (χ3n) is 4.76. The number of benzene rings is 2. The van der Waals surface area contributed by atoms with Gasteiger partial charge in [0, 0.05) is 36.9 Å². The van der Waals surface area contributed by atoms with Gasteiger partial charge >= 0.3 is 0 Å². The first kappa shape index (κ1) is 17.3. The molecule has 1 saturated heterocycles. The molecule has 1 aliphatic heterocycles. The molecule has 0 atom stereocenters. The number of aromatic nitrogens is 1. The number of fused-ring (bicyclic) bond motifs is 1. The summed E-state index contributed by atoms with van der Waals surface area (Å²) in [7, 11) is 0. The zero-order valence-corrected chi connectivity index (χ0v) is 14.9. The number of aromatic hydroxyl groups is 1. The standard InChI is InChI=1S/C21H21N3O3/c25-20-18(8-5-16-2-1-9-22-19(16)20)21(26)23-14-15-3-6-17(7-4-15)24-10-12-27-13-11-24/h1-9,25H,10-14H2,(H,23,26). The van der Waals surface area contributed by atoms with Crippen LogP contribution in [0.5, 0.6) is 5.75 Å². The van der Waals surface area contributed by atoms with E-state index in [9.17, 15) is 9.90 Å². The van der Waals surface area contributed by atoms with E-state index in [0.29, 0.717) is 12.1 Å². The molecule has 2 aromatic carbocycles. The number of nitrogens with one attached hydrogen (secondary N) is 1. The van der Waals surface area contributed by atoms with Gasteiger partial charge in [0.05, 0.1) is 18.8 Å². The Balaban J connectivity index is 1.42. The van der Waals surface area contributed by atoms with Gasteiger partial charge in [-0.2, -0.15) is 0 Å². The predicted molar refractivity (Wildman–Crippen MR) is 104 cm³/mol. The highest BCUT2D eigenvalue weighted by Gasteiger charge is 2.15. The number of phenolic OH excluding ortho intramolecular Hbond substituents is 1. The van der Waals surface area contributed by atoms with Gasteiger partial charge in [0.25, 0.3) is 5.91 Å². The molecular weight excluding hydrogens is 342 g/mol. The van der Waals surface area contributed by atoms with Gasteiger partial charge in [-0.05, 0) is 29.8 Å². The zero-order chi connectivity index (χ0) is 18.6. The maximum Gasteiger partial charge on any atom is 0.255 e. The van der Waals surface area contributed by atoms with Crippen LogP contribution in [-0.2, 0) is 11.3 Å². The van der Waals surface area contributed by atoms with Crippen LogP contribution in [0.4, 0.5) is 5.69 Å². The Morgan fingerprint density at radius 3 is 2.67 bits per heavy atom. The Morgan fingerprint density at radius 1 is 1.11 bits per heavy atom. The van der Waals surface area contributed by atoms with Crippen molar-refractivity contribution in [2.75, 3.05) is 31.2 Å². The molecule has 4 rings (SSSR count). The van der Waals surface area contributed by atoms with E-state index in [-0.39, 0.29) is 17.2 Å². The zero-order valence-electron chi connectivity index (χ0n) is 14.9. The van der Waals surface area contributed by atoms with Crippen LogP contribution in [0.25, 0.3) is 10.9 Å². The van der Waals surface area contributed by atoms with E-state index in [1.165, 1.54) is 0 Å². The van der Waals surface area contributed by atoms with Gasteiger partial charge in [0.15, 0.2) is 5.75 Å². The summed E-state index contributed by atoms with van der Waals surface area (Å²) in [5, 5.41) is 14.0. The Hall–Kier alpha value is -3.12. The Bertz CT molecular complexity index is 951. The molecule has 6 nitrogen and oxygen atoms in total. The lowest BCUT2D eigenvalue weighted by Crippen LogP contribution is -2.36. The van der Waals surface area contributed by atoms with Crippen LogP contribution in [0.2, 0.25) is 0 Å². The number of carbonyl (C=O) groups excluding carboxylic acids is 1. The SMILES string of the molecule is O=C(NCc1ccc(N2CCOCC2)cc1)c1ccc2cccnc2c1O. The van der Waals surface area contributed by atoms with Crippen LogP contribution < -0.4 is 10.2 Å². The summed E-state index contributed by atoms with van der Waals surface area (Å²) in [6.45, 7) is 3.68. The number of nitrogens with zero attached hydrogens (tertiary/aromatic N) is 2. The number of hydrogen-bond acceptors (Lipinski definition) is 5. The minimum Gasteiger partial charge on any atom is -0.505 e. The van der Waals surface area contributed by atoms with Crippen molar-refractivity contribution in [3.05, 3.63) is 65.9 Å². The first-order chi connectivity index (χ1) is 13.2. The number of morpholine rings is 1. The van der Waals surface area contributed by atoms with E-state index in [1.54, 1.807) is 24.4 Å². The fraction of sp³-hybridized carbons (Fsp3) is 0.238. The third-order valence-corrected chi connectivity index (χ3v) is 4.76. The first-order valence-corrected chi connectivity index (χ1v) is 8.99. The molecule has 1 aliphatic rings. The molecule has 0 radical (unpaired) electrons. The number of hydrogen-bond donors (Lipinski definition) is 2. The maximum atomic E-state index is 12.5. The van der Waals surface area contributed by atoms with Gasteiger partial charge in [-0.15, -0.1) is 0 Å². The second-order valence-corrected chi connectivity index (χ2v) is 6.49. The van der Waals surface area contributed by atoms with Crippen LogP contribution in [0.3, 0.4) is 0 Å². The van der Waals surface area contributed by atoms with Gasteiger partial charge < -0.3 is 20.1 Å². The van der Waals surface area contributed by atoms with Gasteiger partial charge in [0.1, 0.15) is 5.52 Å². The molecule has 138 valence electrons. The molecule has 1 fully saturated rings. The van der Waals surface area contributed by atoms with Crippen LogP contribution in [-0.4, -0.2) is 42.3 Å². The molecule has 1 amide bonds. The van der Waals surface area contributed by atoms with Crippen molar-refractivity contribution in [1.29, 1.82) is 0 Å². The van der Waals surface area contributed by atoms with Gasteiger partial charge in [-0.3, -0.25) is 9.78 Å². The molecule has 1 aromatic heterocycles. The molecule has 2 N–H and O–H groups in total. The largest absolute Gasteiger partial charge is 0.505 e. The van der Waals surface area contributed by atoms with Gasteiger partial charge in [0.2, 0.25) is 0 Å². The quantitative estimate of drug-likeness (QED) is 0.746. The van der Waals surface area contributed by atoms with Gasteiger partial charge in [-0.1, -0.05) is 24.3 Å². The molecule has 0 spiro atoms. The minimum absolute atomic E-state index is 0.0896. The second-order valence-electron chi connectivity index (χ2n) is 6.49. The van der Waals surface area contributed by atoms with E-state index in [1.807, 2.05) is 18.2 Å². The summed E-state index contributed by atoms with van der Waals surface area (Å²) < 4.78 is 5.37. The summed E-state index contributed by atoms with van der Waals surface area (Å²) in [4.78, 5) is 18.9. The molecule has 2 heterocycles. The normalized spacial score (nSPS) is 14.3. The molecule has 0 saturated carbocycles. The predicted octanol–water partition coefficient (Wildman–Crippen LogP) is 2.71. The number of rotatable bonds is 4. The summed E-state index contributed by atoms with van der Waals surface area (Å²) in [6, 6.07) is 15.2. The summed E-state index contributed by atoms with van der Waals surface area (Å²) in [5.74, 6) is -0.412. The van der Waals surface area contributed by atoms with E-state index >= 15 is 0 Å². The lowest BCUT2D eigenvalue weighted by atomic mass is 10.1. The summed E-state index contributed by atoms with van der Waals surface area (Å²) >= 11 is 0. The molecule has 0 unspecified atom stereocenters. The monoisotopic (exact) mass is 363 g/mol. The average Bonchev–Trinajstić information content (AvgIpc) is 2.73. The highest BCUT2D eigenvalue weighted by atomic mass is 16.5. The van der Waals surface area contributed by atoms with Crippen molar-refractivity contribution in [2.24, 2.45) is 0 Å². The van der Waals surface area contributed by atoms with E-state index in [0.717, 1.165) is 42.9 Å². The lowest BCUT2D eigenvalue weighted by molar-refractivity contribution is 0.0948. The highest BCUT2D eigenvalue weighted by molar-refractivity contribution is 6.02. The topological polar surface area (TPSA) is 74.7 Å². The van der Waals surface area contributed by atoms with Crippen LogP contribution in [0.1, 0.15) is 15.9 Å². The number of amides is 1. The summed E-state index contributed by atoms with van der Waals surface area (Å²) in [5.41, 5.74) is 2.82. The van der Waals surface area contributed by atoms with Crippen molar-refractivity contribution in [3.8, 4) is 5.75 Å². The molecule has 3 aromatic rings. The van der Waals surface area contributed by atoms with Crippen molar-refractivity contribution in [1.82, 2.24) is 10.3 Å². The van der Waals surface area contributed by atoms with E-state index in [4.69, 9.17) is 4.74 Å². The fourth-order valence-electron chi connectivity index (χ4n) is 3.24. The van der Waals surface area contributed by atoms with Crippen molar-refractivity contribution >= 4 is 22.5 Å².